The van der Waals surface area contributed by atoms with Crippen molar-refractivity contribution in [1.82, 2.24) is 14.9 Å². The van der Waals surface area contributed by atoms with Crippen LogP contribution in [0.5, 0.6) is 11.5 Å². The van der Waals surface area contributed by atoms with E-state index in [0.29, 0.717) is 23.6 Å². The minimum atomic E-state index is -3.49. The smallest absolute Gasteiger partial charge is 0.240 e. The topological polar surface area (TPSA) is 93.7 Å². The number of aromatic nitrogens is 2. The molecule has 8 nitrogen and oxygen atoms in total. The molecule has 2 heterocycles. The third kappa shape index (κ3) is 3.36. The van der Waals surface area contributed by atoms with Crippen molar-refractivity contribution in [3.05, 3.63) is 42.1 Å². The molecule has 1 aliphatic heterocycles. The van der Waals surface area contributed by atoms with Crippen LogP contribution in [0.4, 0.5) is 11.4 Å². The summed E-state index contributed by atoms with van der Waals surface area (Å²) >= 11 is 0. The predicted molar refractivity (Wildman–Crippen MR) is 111 cm³/mol. The summed E-state index contributed by atoms with van der Waals surface area (Å²) in [6.07, 6.45) is 2.45. The normalized spacial score (nSPS) is 13.6. The van der Waals surface area contributed by atoms with Crippen LogP contribution in [-0.4, -0.2) is 45.9 Å². The molecule has 1 aliphatic rings. The van der Waals surface area contributed by atoms with Gasteiger partial charge in [-0.2, -0.15) is 10.2 Å². The molecular formula is C20H22N4O4S. The molecule has 29 heavy (non-hydrogen) atoms. The number of rotatable bonds is 6. The first kappa shape index (κ1) is 19.4. The summed E-state index contributed by atoms with van der Waals surface area (Å²) in [6.45, 7) is 2.83. The maximum Gasteiger partial charge on any atom is 0.240 e. The van der Waals surface area contributed by atoms with Gasteiger partial charge in [0.1, 0.15) is 0 Å². The third-order valence-corrected chi connectivity index (χ3v) is 6.55. The molecule has 0 atom stereocenters. The highest BCUT2D eigenvalue weighted by molar-refractivity contribution is 7.89. The molecule has 152 valence electrons. The van der Waals surface area contributed by atoms with Crippen LogP contribution < -0.4 is 19.1 Å². The maximum absolute atomic E-state index is 12.3. The average molecular weight is 414 g/mol. The zero-order valence-corrected chi connectivity index (χ0v) is 17.3. The third-order valence-electron chi connectivity index (χ3n) is 5.01. The minimum Gasteiger partial charge on any atom is -0.493 e. The van der Waals surface area contributed by atoms with E-state index in [4.69, 9.17) is 9.47 Å². The van der Waals surface area contributed by atoms with Crippen LogP contribution >= 0.6 is 0 Å². The number of sulfonamides is 1. The van der Waals surface area contributed by atoms with Gasteiger partial charge in [-0.15, -0.1) is 0 Å². The highest BCUT2D eigenvalue weighted by Gasteiger charge is 2.25. The van der Waals surface area contributed by atoms with E-state index in [1.165, 1.54) is 0 Å². The van der Waals surface area contributed by atoms with E-state index in [2.05, 4.69) is 19.8 Å². The quantitative estimate of drug-likeness (QED) is 0.663. The molecule has 0 spiro atoms. The van der Waals surface area contributed by atoms with Gasteiger partial charge in [-0.1, -0.05) is 6.92 Å². The Hall–Kier alpha value is -2.91. The second-order valence-corrected chi connectivity index (χ2v) is 8.41. The maximum atomic E-state index is 12.3. The van der Waals surface area contributed by atoms with Gasteiger partial charge in [-0.25, -0.2) is 13.1 Å². The van der Waals surface area contributed by atoms with Crippen LogP contribution in [0.1, 0.15) is 12.5 Å². The van der Waals surface area contributed by atoms with Gasteiger partial charge >= 0.3 is 0 Å². The summed E-state index contributed by atoms with van der Waals surface area (Å²) in [6, 6.07) is 8.91. The number of anilines is 2. The molecule has 0 saturated heterocycles. The highest BCUT2D eigenvalue weighted by atomic mass is 32.2. The number of hydrogen-bond donors (Lipinski definition) is 1. The van der Waals surface area contributed by atoms with E-state index in [0.717, 1.165) is 35.3 Å². The van der Waals surface area contributed by atoms with Crippen molar-refractivity contribution in [2.45, 2.75) is 18.2 Å². The van der Waals surface area contributed by atoms with E-state index in [1.807, 2.05) is 12.1 Å². The summed E-state index contributed by atoms with van der Waals surface area (Å²) < 4.78 is 38.0. The molecule has 1 N–H and O–H groups in total. The first-order valence-electron chi connectivity index (χ1n) is 9.26. The van der Waals surface area contributed by atoms with E-state index in [-0.39, 0.29) is 4.90 Å². The van der Waals surface area contributed by atoms with Crippen molar-refractivity contribution in [3.8, 4) is 11.5 Å². The Morgan fingerprint density at radius 2 is 1.86 bits per heavy atom. The average Bonchev–Trinajstić information content (AvgIpc) is 3.15. The Bertz CT molecular complexity index is 1180. The fourth-order valence-corrected chi connectivity index (χ4v) is 4.75. The van der Waals surface area contributed by atoms with E-state index in [1.54, 1.807) is 45.5 Å². The molecule has 0 aliphatic carbocycles. The lowest BCUT2D eigenvalue weighted by Gasteiger charge is -2.21. The lowest BCUT2D eigenvalue weighted by Crippen LogP contribution is -2.23. The van der Waals surface area contributed by atoms with Crippen molar-refractivity contribution in [2.24, 2.45) is 0 Å². The van der Waals surface area contributed by atoms with Crippen molar-refractivity contribution in [3.63, 3.8) is 0 Å². The Labute approximate surface area is 169 Å². The number of hydrogen-bond acceptors (Lipinski definition) is 7. The summed E-state index contributed by atoms with van der Waals surface area (Å²) in [5.41, 5.74) is 3.52. The van der Waals surface area contributed by atoms with Crippen LogP contribution in [0.3, 0.4) is 0 Å². The fourth-order valence-electron chi connectivity index (χ4n) is 3.66. The molecular weight excluding hydrogens is 392 g/mol. The van der Waals surface area contributed by atoms with Crippen molar-refractivity contribution < 1.29 is 17.9 Å². The second kappa shape index (κ2) is 7.49. The van der Waals surface area contributed by atoms with Gasteiger partial charge in [-0.3, -0.25) is 0 Å². The van der Waals surface area contributed by atoms with E-state index < -0.39 is 10.0 Å². The first-order chi connectivity index (χ1) is 14.0. The Balaban J connectivity index is 1.80. The predicted octanol–water partition coefficient (Wildman–Crippen LogP) is 2.64. The number of nitrogens with zero attached hydrogens (tertiary/aromatic N) is 3. The lowest BCUT2D eigenvalue weighted by atomic mass is 10.1. The standard InChI is InChI=1S/C20H22N4O4S/c1-4-22-29(25,26)14-5-6-17-13(9-14)7-8-24(17)18-12-21-23-16-11-20(28-3)19(27-2)10-15(16)18/h5-6,9-12,22H,4,7-8H2,1-3H3. The van der Waals surface area contributed by atoms with Gasteiger partial charge in [-0.05, 0) is 36.2 Å². The van der Waals surface area contributed by atoms with Crippen LogP contribution in [0, 0.1) is 0 Å². The van der Waals surface area contributed by atoms with Gasteiger partial charge < -0.3 is 14.4 Å². The van der Waals surface area contributed by atoms with Crippen molar-refractivity contribution in [1.29, 1.82) is 0 Å². The SMILES string of the molecule is CCNS(=O)(=O)c1ccc2c(c1)CCN2c1cnnc2cc(OC)c(OC)cc12. The molecule has 0 amide bonds. The number of fused-ring (bicyclic) bond motifs is 2. The lowest BCUT2D eigenvalue weighted by molar-refractivity contribution is 0.355. The molecule has 0 bridgehead atoms. The van der Waals surface area contributed by atoms with Gasteiger partial charge in [0.2, 0.25) is 10.0 Å². The number of nitrogens with one attached hydrogen (secondary N) is 1. The van der Waals surface area contributed by atoms with Crippen LogP contribution in [0.2, 0.25) is 0 Å². The zero-order chi connectivity index (χ0) is 20.6. The molecule has 0 unspecified atom stereocenters. The Kier molecular flexibility index (Phi) is 5.01. The Morgan fingerprint density at radius 1 is 1.10 bits per heavy atom. The molecule has 0 radical (unpaired) electrons. The largest absolute Gasteiger partial charge is 0.493 e. The molecule has 0 fully saturated rings. The van der Waals surface area contributed by atoms with Gasteiger partial charge in [0.05, 0.1) is 36.5 Å². The molecule has 4 rings (SSSR count). The second-order valence-electron chi connectivity index (χ2n) is 6.65. The highest BCUT2D eigenvalue weighted by Crippen LogP contribution is 2.41. The molecule has 2 aromatic carbocycles. The van der Waals surface area contributed by atoms with Crippen LogP contribution in [0.15, 0.2) is 41.4 Å². The zero-order valence-electron chi connectivity index (χ0n) is 16.5. The monoisotopic (exact) mass is 414 g/mol. The van der Waals surface area contributed by atoms with Gasteiger partial charge in [0.15, 0.2) is 11.5 Å². The van der Waals surface area contributed by atoms with Gasteiger partial charge in [0.25, 0.3) is 0 Å². The molecule has 9 heteroatoms. The van der Waals surface area contributed by atoms with Crippen LogP contribution in [0.25, 0.3) is 10.9 Å². The van der Waals surface area contributed by atoms with Crippen molar-refractivity contribution in [2.75, 3.05) is 32.2 Å². The van der Waals surface area contributed by atoms with E-state index in [9.17, 15) is 8.42 Å². The first-order valence-corrected chi connectivity index (χ1v) is 10.7. The Morgan fingerprint density at radius 3 is 2.59 bits per heavy atom. The summed E-state index contributed by atoms with van der Waals surface area (Å²) in [4.78, 5) is 2.41. The van der Waals surface area contributed by atoms with Crippen LogP contribution in [-0.2, 0) is 16.4 Å². The van der Waals surface area contributed by atoms with Gasteiger partial charge in [0, 0.05) is 30.2 Å². The number of methoxy groups -OCH3 is 2. The summed E-state index contributed by atoms with van der Waals surface area (Å²) in [5.74, 6) is 1.20. The molecule has 1 aromatic heterocycles. The molecule has 3 aromatic rings. The summed E-state index contributed by atoms with van der Waals surface area (Å²) in [7, 11) is -0.314. The van der Waals surface area contributed by atoms with E-state index >= 15 is 0 Å². The number of benzene rings is 2. The minimum absolute atomic E-state index is 0.282. The van der Waals surface area contributed by atoms with Crippen molar-refractivity contribution >= 4 is 32.3 Å². The summed E-state index contributed by atoms with van der Waals surface area (Å²) in [5, 5.41) is 9.25. The number of ether oxygens (including phenoxy) is 2. The molecule has 0 saturated carbocycles. The fraction of sp³-hybridized carbons (Fsp3) is 0.300.